The average molecular weight is 384 g/mol. The number of amides is 2. The average Bonchev–Trinajstić information content (AvgIpc) is 2.66. The molecule has 0 bridgehead atoms. The highest BCUT2D eigenvalue weighted by molar-refractivity contribution is 6.11. The molecule has 1 atom stereocenters. The molecule has 3 rings (SSSR count). The molecule has 0 aliphatic carbocycles. The number of nitro groups is 1. The van der Waals surface area contributed by atoms with Crippen molar-refractivity contribution in [3.05, 3.63) is 58.1 Å². The number of rotatable bonds is 4. The molecule has 1 aliphatic rings. The first-order valence-corrected chi connectivity index (χ1v) is 8.23. The van der Waals surface area contributed by atoms with Crippen LogP contribution in [-0.4, -0.2) is 35.4 Å². The molecule has 144 valence electrons. The van der Waals surface area contributed by atoms with Gasteiger partial charge in [0.25, 0.3) is 11.6 Å². The Labute approximate surface area is 159 Å². The van der Waals surface area contributed by atoms with Gasteiger partial charge in [-0.25, -0.2) is 4.79 Å². The van der Waals surface area contributed by atoms with E-state index in [-0.39, 0.29) is 29.4 Å². The van der Waals surface area contributed by atoms with Crippen molar-refractivity contribution in [1.82, 2.24) is 0 Å². The van der Waals surface area contributed by atoms with E-state index in [9.17, 15) is 24.5 Å². The number of non-ortho nitro benzene ring substituents is 1. The molecule has 0 saturated carbocycles. The van der Waals surface area contributed by atoms with E-state index < -0.39 is 22.9 Å². The van der Waals surface area contributed by atoms with Crippen LogP contribution in [0.3, 0.4) is 0 Å². The molecule has 1 aliphatic heterocycles. The quantitative estimate of drug-likeness (QED) is 0.353. The second-order valence-corrected chi connectivity index (χ2v) is 6.07. The van der Waals surface area contributed by atoms with Gasteiger partial charge >= 0.3 is 5.97 Å². The van der Waals surface area contributed by atoms with E-state index >= 15 is 0 Å². The van der Waals surface area contributed by atoms with Gasteiger partial charge in [-0.2, -0.15) is 0 Å². The number of anilines is 3. The highest BCUT2D eigenvalue weighted by Crippen LogP contribution is 2.29. The lowest BCUT2D eigenvalue weighted by Gasteiger charge is -2.30. The summed E-state index contributed by atoms with van der Waals surface area (Å²) in [6.07, 6.45) is -1.25. The van der Waals surface area contributed by atoms with Crippen LogP contribution in [0, 0.1) is 10.1 Å². The van der Waals surface area contributed by atoms with E-state index in [0.717, 1.165) is 12.1 Å². The van der Waals surface area contributed by atoms with Gasteiger partial charge in [0.2, 0.25) is 5.91 Å². The van der Waals surface area contributed by atoms with Crippen LogP contribution in [0.1, 0.15) is 17.3 Å². The summed E-state index contributed by atoms with van der Waals surface area (Å²) >= 11 is 0. The summed E-state index contributed by atoms with van der Waals surface area (Å²) < 4.78 is 5.15. The minimum absolute atomic E-state index is 0.0158. The molecule has 2 amide bonds. The van der Waals surface area contributed by atoms with Crippen LogP contribution in [0.4, 0.5) is 22.7 Å². The second kappa shape index (κ2) is 7.35. The summed E-state index contributed by atoms with van der Waals surface area (Å²) in [6.45, 7) is 1.12. The maximum atomic E-state index is 12.8. The SMILES string of the molecule is C[C@H](OC(=O)c1cc([N+](=O)[O-])ccc1N)C(=O)N1CC(=O)Nc2ccccc21. The van der Waals surface area contributed by atoms with Crippen molar-refractivity contribution in [2.75, 3.05) is 22.5 Å². The van der Waals surface area contributed by atoms with Crippen LogP contribution in [0.2, 0.25) is 0 Å². The summed E-state index contributed by atoms with van der Waals surface area (Å²) in [5.74, 6) is -1.97. The number of esters is 1. The Morgan fingerprint density at radius 2 is 2.00 bits per heavy atom. The fourth-order valence-corrected chi connectivity index (χ4v) is 2.76. The van der Waals surface area contributed by atoms with Gasteiger partial charge in [0.1, 0.15) is 6.54 Å². The van der Waals surface area contributed by atoms with Crippen molar-refractivity contribution in [3.8, 4) is 0 Å². The third-order valence-electron chi connectivity index (χ3n) is 4.14. The van der Waals surface area contributed by atoms with E-state index in [1.165, 1.54) is 17.9 Å². The summed E-state index contributed by atoms with van der Waals surface area (Å²) in [5.41, 5.74) is 6.07. The molecule has 0 radical (unpaired) electrons. The molecule has 10 heteroatoms. The number of nitrogens with one attached hydrogen (secondary N) is 1. The van der Waals surface area contributed by atoms with Crippen LogP contribution in [0.25, 0.3) is 0 Å². The van der Waals surface area contributed by atoms with Gasteiger partial charge < -0.3 is 15.8 Å². The summed E-state index contributed by atoms with van der Waals surface area (Å²) in [4.78, 5) is 48.4. The van der Waals surface area contributed by atoms with Crippen LogP contribution in [0.15, 0.2) is 42.5 Å². The number of fused-ring (bicyclic) bond motifs is 1. The Morgan fingerprint density at radius 1 is 1.29 bits per heavy atom. The van der Waals surface area contributed by atoms with Crippen molar-refractivity contribution in [1.29, 1.82) is 0 Å². The third kappa shape index (κ3) is 3.61. The minimum Gasteiger partial charge on any atom is -0.449 e. The number of hydrogen-bond donors (Lipinski definition) is 2. The first-order chi connectivity index (χ1) is 13.3. The number of nitrogens with zero attached hydrogens (tertiary/aromatic N) is 2. The molecule has 10 nitrogen and oxygen atoms in total. The van der Waals surface area contributed by atoms with E-state index in [2.05, 4.69) is 5.32 Å². The Balaban J connectivity index is 1.80. The Morgan fingerprint density at radius 3 is 2.71 bits per heavy atom. The number of nitrogens with two attached hydrogens (primary N) is 1. The van der Waals surface area contributed by atoms with Crippen molar-refractivity contribution in [2.45, 2.75) is 13.0 Å². The zero-order valence-electron chi connectivity index (χ0n) is 14.7. The summed E-state index contributed by atoms with van der Waals surface area (Å²) in [7, 11) is 0. The lowest BCUT2D eigenvalue weighted by atomic mass is 10.1. The Kier molecular flexibility index (Phi) is 4.94. The molecule has 2 aromatic rings. The predicted molar refractivity (Wildman–Crippen MR) is 99.8 cm³/mol. The van der Waals surface area contributed by atoms with Crippen molar-refractivity contribution < 1.29 is 24.0 Å². The van der Waals surface area contributed by atoms with Crippen molar-refractivity contribution in [2.24, 2.45) is 0 Å². The monoisotopic (exact) mass is 384 g/mol. The predicted octanol–water partition coefficient (Wildman–Crippen LogP) is 1.71. The van der Waals surface area contributed by atoms with Crippen LogP contribution in [-0.2, 0) is 14.3 Å². The minimum atomic E-state index is -1.25. The van der Waals surface area contributed by atoms with E-state index in [4.69, 9.17) is 10.5 Å². The van der Waals surface area contributed by atoms with Crippen LogP contribution < -0.4 is 16.0 Å². The molecular formula is C18H16N4O6. The standard InChI is InChI=1S/C18H16N4O6/c1-10(28-18(25)12-8-11(22(26)27)6-7-13(12)19)17(24)21-9-16(23)20-14-4-2-3-5-15(14)21/h2-8,10H,9,19H2,1H3,(H,20,23)/t10-/m0/s1. The number of nitrogen functional groups attached to an aromatic ring is 1. The van der Waals surface area contributed by atoms with Gasteiger partial charge in [-0.05, 0) is 25.1 Å². The second-order valence-electron chi connectivity index (χ2n) is 6.07. The molecule has 28 heavy (non-hydrogen) atoms. The van der Waals surface area contributed by atoms with Crippen molar-refractivity contribution >= 4 is 40.5 Å². The molecule has 2 aromatic carbocycles. The highest BCUT2D eigenvalue weighted by atomic mass is 16.6. The Hall–Kier alpha value is -3.95. The summed E-state index contributed by atoms with van der Waals surface area (Å²) in [5, 5.41) is 13.5. The van der Waals surface area contributed by atoms with Gasteiger partial charge in [0.05, 0.1) is 21.9 Å². The largest absolute Gasteiger partial charge is 0.449 e. The maximum absolute atomic E-state index is 12.8. The third-order valence-corrected chi connectivity index (χ3v) is 4.14. The van der Waals surface area contributed by atoms with E-state index in [1.54, 1.807) is 24.3 Å². The molecule has 1 heterocycles. The van der Waals surface area contributed by atoms with Crippen LogP contribution >= 0.6 is 0 Å². The van der Waals surface area contributed by atoms with Gasteiger partial charge in [0.15, 0.2) is 6.10 Å². The highest BCUT2D eigenvalue weighted by Gasteiger charge is 2.32. The number of benzene rings is 2. The maximum Gasteiger partial charge on any atom is 0.341 e. The zero-order valence-corrected chi connectivity index (χ0v) is 14.7. The lowest BCUT2D eigenvalue weighted by Crippen LogP contribution is -2.47. The number of nitro benzene ring substituents is 1. The Bertz CT molecular complexity index is 990. The number of ether oxygens (including phenoxy) is 1. The first-order valence-electron chi connectivity index (χ1n) is 8.23. The molecule has 3 N–H and O–H groups in total. The zero-order chi connectivity index (χ0) is 20.4. The molecule has 0 saturated heterocycles. The molecule has 0 unspecified atom stereocenters. The lowest BCUT2D eigenvalue weighted by molar-refractivity contribution is -0.384. The smallest absolute Gasteiger partial charge is 0.341 e. The number of carbonyl (C=O) groups is 3. The molecular weight excluding hydrogens is 368 g/mol. The van der Waals surface area contributed by atoms with E-state index in [0.29, 0.717) is 11.4 Å². The topological polar surface area (TPSA) is 145 Å². The number of carbonyl (C=O) groups excluding carboxylic acids is 3. The van der Waals surface area contributed by atoms with Gasteiger partial charge in [-0.3, -0.25) is 24.6 Å². The van der Waals surface area contributed by atoms with Crippen LogP contribution in [0.5, 0.6) is 0 Å². The van der Waals surface area contributed by atoms with Gasteiger partial charge in [0, 0.05) is 17.8 Å². The number of para-hydroxylation sites is 2. The normalized spacial score (nSPS) is 13.9. The molecule has 0 fully saturated rings. The molecule has 0 spiro atoms. The molecule has 0 aromatic heterocycles. The van der Waals surface area contributed by atoms with Gasteiger partial charge in [-0.15, -0.1) is 0 Å². The van der Waals surface area contributed by atoms with Crippen molar-refractivity contribution in [3.63, 3.8) is 0 Å². The fraction of sp³-hybridized carbons (Fsp3) is 0.167. The fourth-order valence-electron chi connectivity index (χ4n) is 2.76. The summed E-state index contributed by atoms with van der Waals surface area (Å²) in [6, 6.07) is 10.1. The first kappa shape index (κ1) is 18.8. The number of hydrogen-bond acceptors (Lipinski definition) is 7. The van der Waals surface area contributed by atoms with Gasteiger partial charge in [-0.1, -0.05) is 12.1 Å². The van der Waals surface area contributed by atoms with E-state index in [1.807, 2.05) is 0 Å².